The Hall–Kier alpha value is -2.12. The van der Waals surface area contributed by atoms with E-state index in [4.69, 9.17) is 14.6 Å². The van der Waals surface area contributed by atoms with Crippen molar-refractivity contribution in [1.82, 2.24) is 4.90 Å². The smallest absolute Gasteiger partial charge is 0.335 e. The zero-order chi connectivity index (χ0) is 17.2. The molecule has 7 nitrogen and oxygen atoms in total. The monoisotopic (exact) mass is 323 g/mol. The van der Waals surface area contributed by atoms with Gasteiger partial charge in [-0.25, -0.2) is 4.79 Å². The molecule has 1 amide bonds. The fourth-order valence-electron chi connectivity index (χ4n) is 2.56. The number of methoxy groups -OCH3 is 1. The summed E-state index contributed by atoms with van der Waals surface area (Å²) in [5.41, 5.74) is 0.127. The molecule has 0 saturated carbocycles. The van der Waals surface area contributed by atoms with Crippen LogP contribution in [0.15, 0.2) is 24.3 Å². The number of ether oxygens (including phenoxy) is 2. The third kappa shape index (κ3) is 4.00. The van der Waals surface area contributed by atoms with Gasteiger partial charge in [0, 0.05) is 13.1 Å². The van der Waals surface area contributed by atoms with Gasteiger partial charge in [-0.3, -0.25) is 4.79 Å². The molecule has 1 heterocycles. The van der Waals surface area contributed by atoms with Crippen LogP contribution in [0.4, 0.5) is 0 Å². The van der Waals surface area contributed by atoms with Gasteiger partial charge in [0.1, 0.15) is 5.75 Å². The molecular formula is C16H21NO6. The van der Waals surface area contributed by atoms with Gasteiger partial charge in [-0.2, -0.15) is 0 Å². The number of carboxylic acids is 1. The number of carbonyl (C=O) groups excluding carboxylic acids is 1. The van der Waals surface area contributed by atoms with E-state index in [0.717, 1.165) is 5.56 Å². The van der Waals surface area contributed by atoms with Gasteiger partial charge in [0.25, 0.3) is 5.91 Å². The topological polar surface area (TPSA) is 96.3 Å². The Bertz CT molecular complexity index is 583. The molecule has 2 unspecified atom stereocenters. The molecule has 0 spiro atoms. The maximum atomic E-state index is 12.4. The molecule has 0 aliphatic carbocycles. The van der Waals surface area contributed by atoms with Crippen LogP contribution < -0.4 is 4.74 Å². The number of aliphatic hydroxyl groups is 1. The maximum Gasteiger partial charge on any atom is 0.335 e. The molecule has 2 N–H and O–H groups in total. The number of aliphatic carboxylic acids is 1. The molecule has 1 aliphatic heterocycles. The van der Waals surface area contributed by atoms with Crippen LogP contribution in [0.5, 0.6) is 5.75 Å². The van der Waals surface area contributed by atoms with Crippen molar-refractivity contribution in [2.45, 2.75) is 38.2 Å². The molecule has 7 heteroatoms. The standard InChI is InChI=1S/C16H21NO6/c1-16(2)9-17(8-10-4-6-11(22-3)7-5-10)14(19)13(23-16)12(18)15(20)21/h4-7,12-13,18H,8-9H2,1-3H3,(H,20,21). The molecule has 0 bridgehead atoms. The minimum absolute atomic E-state index is 0.304. The van der Waals surface area contributed by atoms with Crippen molar-refractivity contribution in [3.63, 3.8) is 0 Å². The lowest BCUT2D eigenvalue weighted by Crippen LogP contribution is -2.60. The highest BCUT2D eigenvalue weighted by Crippen LogP contribution is 2.26. The zero-order valence-electron chi connectivity index (χ0n) is 13.4. The lowest BCUT2D eigenvalue weighted by Gasteiger charge is -2.42. The summed E-state index contributed by atoms with van der Waals surface area (Å²) in [5, 5.41) is 18.7. The normalized spacial score (nSPS) is 21.8. The van der Waals surface area contributed by atoms with Crippen LogP contribution in [0.1, 0.15) is 19.4 Å². The van der Waals surface area contributed by atoms with Crippen LogP contribution in [-0.2, 0) is 20.9 Å². The molecule has 126 valence electrons. The van der Waals surface area contributed by atoms with Crippen LogP contribution in [0.2, 0.25) is 0 Å². The Labute approximate surface area is 134 Å². The van der Waals surface area contributed by atoms with Gasteiger partial charge in [-0.15, -0.1) is 0 Å². The third-order valence-corrected chi connectivity index (χ3v) is 3.64. The molecule has 1 fully saturated rings. The number of aliphatic hydroxyl groups excluding tert-OH is 1. The average Bonchev–Trinajstić information content (AvgIpc) is 2.50. The van der Waals surface area contributed by atoms with Crippen LogP contribution in [-0.4, -0.2) is 58.5 Å². The number of benzene rings is 1. The first-order valence-electron chi connectivity index (χ1n) is 7.24. The molecule has 2 atom stereocenters. The van der Waals surface area contributed by atoms with E-state index in [1.54, 1.807) is 33.1 Å². The number of hydrogen-bond donors (Lipinski definition) is 2. The summed E-state index contributed by atoms with van der Waals surface area (Å²) in [5.74, 6) is -1.30. The summed E-state index contributed by atoms with van der Waals surface area (Å²) in [6.07, 6.45) is -3.30. The minimum atomic E-state index is -1.89. The number of morpholine rings is 1. The Balaban J connectivity index is 2.18. The largest absolute Gasteiger partial charge is 0.497 e. The Morgan fingerprint density at radius 1 is 1.43 bits per heavy atom. The molecule has 1 saturated heterocycles. The quantitative estimate of drug-likeness (QED) is 0.826. The molecule has 1 aromatic rings. The second kappa shape index (κ2) is 6.55. The Morgan fingerprint density at radius 2 is 2.04 bits per heavy atom. The minimum Gasteiger partial charge on any atom is -0.497 e. The summed E-state index contributed by atoms with van der Waals surface area (Å²) >= 11 is 0. The predicted molar refractivity (Wildman–Crippen MR) is 81.0 cm³/mol. The first-order chi connectivity index (χ1) is 10.7. The van der Waals surface area contributed by atoms with Crippen LogP contribution >= 0.6 is 0 Å². The Morgan fingerprint density at radius 3 is 2.57 bits per heavy atom. The number of rotatable bonds is 5. The van der Waals surface area contributed by atoms with E-state index < -0.39 is 29.7 Å². The van der Waals surface area contributed by atoms with Gasteiger partial charge in [-0.05, 0) is 31.5 Å². The summed E-state index contributed by atoms with van der Waals surface area (Å²) in [6, 6.07) is 7.23. The fraction of sp³-hybridized carbons (Fsp3) is 0.500. The van der Waals surface area contributed by atoms with Gasteiger partial charge in [0.2, 0.25) is 0 Å². The first-order valence-corrected chi connectivity index (χ1v) is 7.24. The summed E-state index contributed by atoms with van der Waals surface area (Å²) < 4.78 is 10.6. The van der Waals surface area contributed by atoms with E-state index in [9.17, 15) is 14.7 Å². The Kier molecular flexibility index (Phi) is 4.91. The van der Waals surface area contributed by atoms with Crippen LogP contribution in [0.25, 0.3) is 0 Å². The molecule has 0 aromatic heterocycles. The number of carboxylic acid groups (broad SMARTS) is 1. The number of hydrogen-bond acceptors (Lipinski definition) is 5. The van der Waals surface area contributed by atoms with Gasteiger partial charge < -0.3 is 24.6 Å². The van der Waals surface area contributed by atoms with Gasteiger partial charge in [0.05, 0.1) is 12.7 Å². The van der Waals surface area contributed by atoms with E-state index in [1.165, 1.54) is 4.90 Å². The SMILES string of the molecule is COc1ccc(CN2CC(C)(C)OC(C(O)C(=O)O)C2=O)cc1. The molecule has 1 aliphatic rings. The molecule has 2 rings (SSSR count). The highest BCUT2D eigenvalue weighted by atomic mass is 16.5. The van der Waals surface area contributed by atoms with Crippen molar-refractivity contribution in [2.75, 3.05) is 13.7 Å². The lowest BCUT2D eigenvalue weighted by molar-refractivity contribution is -0.198. The van der Waals surface area contributed by atoms with Gasteiger partial charge >= 0.3 is 5.97 Å². The summed E-state index contributed by atoms with van der Waals surface area (Å²) in [7, 11) is 1.57. The predicted octanol–water partition coefficient (Wildman–Crippen LogP) is 0.647. The van der Waals surface area contributed by atoms with Crippen molar-refractivity contribution in [2.24, 2.45) is 0 Å². The van der Waals surface area contributed by atoms with Crippen molar-refractivity contribution < 1.29 is 29.3 Å². The first kappa shape index (κ1) is 17.2. The van der Waals surface area contributed by atoms with Crippen LogP contribution in [0, 0.1) is 0 Å². The number of carbonyl (C=O) groups is 2. The van der Waals surface area contributed by atoms with Crippen molar-refractivity contribution in [3.8, 4) is 5.75 Å². The third-order valence-electron chi connectivity index (χ3n) is 3.64. The second-order valence-corrected chi connectivity index (χ2v) is 6.12. The average molecular weight is 323 g/mol. The summed E-state index contributed by atoms with van der Waals surface area (Å²) in [6.45, 7) is 4.11. The van der Waals surface area contributed by atoms with E-state index in [0.29, 0.717) is 18.8 Å². The van der Waals surface area contributed by atoms with E-state index >= 15 is 0 Å². The molecule has 23 heavy (non-hydrogen) atoms. The molecule has 0 radical (unpaired) electrons. The van der Waals surface area contributed by atoms with Crippen LogP contribution in [0.3, 0.4) is 0 Å². The highest BCUT2D eigenvalue weighted by molar-refractivity contribution is 5.88. The molecular weight excluding hydrogens is 302 g/mol. The van der Waals surface area contributed by atoms with Crippen molar-refractivity contribution >= 4 is 11.9 Å². The molecule has 1 aromatic carbocycles. The number of amides is 1. The van der Waals surface area contributed by atoms with E-state index in [1.807, 2.05) is 12.1 Å². The van der Waals surface area contributed by atoms with Gasteiger partial charge in [0.15, 0.2) is 12.2 Å². The van der Waals surface area contributed by atoms with E-state index in [2.05, 4.69) is 0 Å². The van der Waals surface area contributed by atoms with E-state index in [-0.39, 0.29) is 0 Å². The van der Waals surface area contributed by atoms with Gasteiger partial charge in [-0.1, -0.05) is 12.1 Å². The van der Waals surface area contributed by atoms with Crippen molar-refractivity contribution in [1.29, 1.82) is 0 Å². The fourth-order valence-corrected chi connectivity index (χ4v) is 2.56. The van der Waals surface area contributed by atoms with Crippen molar-refractivity contribution in [3.05, 3.63) is 29.8 Å². The summed E-state index contributed by atoms with van der Waals surface area (Å²) in [4.78, 5) is 24.9. The maximum absolute atomic E-state index is 12.4. The lowest BCUT2D eigenvalue weighted by atomic mass is 10.0. The highest BCUT2D eigenvalue weighted by Gasteiger charge is 2.45. The second-order valence-electron chi connectivity index (χ2n) is 6.12. The zero-order valence-corrected chi connectivity index (χ0v) is 13.4. The number of nitrogens with zero attached hydrogens (tertiary/aromatic N) is 1.